The Bertz CT molecular complexity index is 194. The van der Waals surface area contributed by atoms with Gasteiger partial charge in [0.2, 0.25) is 0 Å². The molecule has 1 aromatic carbocycles. The van der Waals surface area contributed by atoms with E-state index in [4.69, 9.17) is 4.84 Å². The third kappa shape index (κ3) is 2.03. The average molecular weight is 152 g/mol. The monoisotopic (exact) mass is 152 g/mol. The van der Waals surface area contributed by atoms with E-state index in [-0.39, 0.29) is 0 Å². The van der Waals surface area contributed by atoms with Crippen LogP contribution in [0.15, 0.2) is 30.3 Å². The lowest BCUT2D eigenvalue weighted by Gasteiger charge is -2.11. The van der Waals surface area contributed by atoms with Crippen LogP contribution in [-0.2, 0) is 4.84 Å². The molecule has 1 atom stereocenters. The van der Waals surface area contributed by atoms with E-state index in [0.717, 1.165) is 11.6 Å². The molecule has 2 heteroatoms. The predicted molar refractivity (Wildman–Crippen MR) is 44.6 cm³/mol. The summed E-state index contributed by atoms with van der Waals surface area (Å²) in [5.41, 5.74) is 1.18. The second-order valence-corrected chi connectivity index (χ2v) is 2.35. The first-order valence-electron chi connectivity index (χ1n) is 3.83. The summed E-state index contributed by atoms with van der Waals surface area (Å²) in [6.07, 6.45) is 0. The molecular formula is C9H14NO+. The van der Waals surface area contributed by atoms with E-state index in [0.29, 0.717) is 0 Å². The highest BCUT2D eigenvalue weighted by molar-refractivity contribution is 5.27. The minimum Gasteiger partial charge on any atom is -0.203 e. The van der Waals surface area contributed by atoms with Crippen molar-refractivity contribution in [2.75, 3.05) is 13.7 Å². The van der Waals surface area contributed by atoms with Gasteiger partial charge in [-0.3, -0.25) is 0 Å². The van der Waals surface area contributed by atoms with Gasteiger partial charge in [-0.1, -0.05) is 18.2 Å². The van der Waals surface area contributed by atoms with Crippen LogP contribution < -0.4 is 5.06 Å². The molecule has 1 rings (SSSR count). The van der Waals surface area contributed by atoms with E-state index >= 15 is 0 Å². The van der Waals surface area contributed by atoms with Crippen molar-refractivity contribution < 1.29 is 9.90 Å². The molecule has 0 aliphatic carbocycles. The maximum atomic E-state index is 5.20. The molecule has 0 fully saturated rings. The number of hydrogen-bond donors (Lipinski definition) is 1. The highest BCUT2D eigenvalue weighted by Crippen LogP contribution is 1.97. The van der Waals surface area contributed by atoms with Gasteiger partial charge in [-0.15, -0.1) is 0 Å². The zero-order chi connectivity index (χ0) is 8.10. The topological polar surface area (TPSA) is 13.7 Å². The van der Waals surface area contributed by atoms with Crippen LogP contribution in [0.5, 0.6) is 0 Å². The zero-order valence-corrected chi connectivity index (χ0v) is 7.00. The zero-order valence-electron chi connectivity index (χ0n) is 7.00. The van der Waals surface area contributed by atoms with Crippen LogP contribution >= 0.6 is 0 Å². The summed E-state index contributed by atoms with van der Waals surface area (Å²) in [7, 11) is 1.71. The van der Waals surface area contributed by atoms with Crippen molar-refractivity contribution in [1.82, 2.24) is 0 Å². The van der Waals surface area contributed by atoms with Crippen molar-refractivity contribution in [3.05, 3.63) is 30.3 Å². The van der Waals surface area contributed by atoms with E-state index in [2.05, 4.69) is 19.1 Å². The van der Waals surface area contributed by atoms with Crippen LogP contribution in [0.4, 0.5) is 5.69 Å². The van der Waals surface area contributed by atoms with Gasteiger partial charge in [0.25, 0.3) is 0 Å². The van der Waals surface area contributed by atoms with Crippen molar-refractivity contribution in [2.24, 2.45) is 0 Å². The minimum absolute atomic E-state index is 0.945. The van der Waals surface area contributed by atoms with Gasteiger partial charge in [0.05, 0.1) is 7.11 Å². The molecule has 11 heavy (non-hydrogen) atoms. The smallest absolute Gasteiger partial charge is 0.163 e. The molecular weight excluding hydrogens is 138 g/mol. The second kappa shape index (κ2) is 4.11. The van der Waals surface area contributed by atoms with Gasteiger partial charge in [0.1, 0.15) is 6.54 Å². The Balaban J connectivity index is 2.74. The maximum Gasteiger partial charge on any atom is 0.163 e. The Hall–Kier alpha value is -0.860. The Morgan fingerprint density at radius 2 is 1.91 bits per heavy atom. The Morgan fingerprint density at radius 1 is 1.27 bits per heavy atom. The van der Waals surface area contributed by atoms with Gasteiger partial charge in [0.15, 0.2) is 5.69 Å². The fraction of sp³-hybridized carbons (Fsp3) is 0.333. The molecule has 0 radical (unpaired) electrons. The van der Waals surface area contributed by atoms with Crippen molar-refractivity contribution in [3.8, 4) is 0 Å². The number of benzene rings is 1. The van der Waals surface area contributed by atoms with E-state index < -0.39 is 0 Å². The number of hydrogen-bond acceptors (Lipinski definition) is 1. The third-order valence-electron chi connectivity index (χ3n) is 1.66. The summed E-state index contributed by atoms with van der Waals surface area (Å²) in [5.74, 6) is 0. The van der Waals surface area contributed by atoms with E-state index in [1.807, 2.05) is 18.2 Å². The molecule has 0 spiro atoms. The minimum atomic E-state index is 0.945. The van der Waals surface area contributed by atoms with Gasteiger partial charge >= 0.3 is 0 Å². The van der Waals surface area contributed by atoms with Crippen molar-refractivity contribution >= 4 is 5.69 Å². The van der Waals surface area contributed by atoms with Gasteiger partial charge in [-0.05, 0) is 6.92 Å². The number of para-hydroxylation sites is 1. The predicted octanol–water partition coefficient (Wildman–Crippen LogP) is 0.784. The van der Waals surface area contributed by atoms with E-state index in [9.17, 15) is 0 Å². The Kier molecular flexibility index (Phi) is 3.08. The van der Waals surface area contributed by atoms with Crippen LogP contribution in [0.25, 0.3) is 0 Å². The van der Waals surface area contributed by atoms with E-state index in [1.54, 1.807) is 7.11 Å². The largest absolute Gasteiger partial charge is 0.203 e. The average Bonchev–Trinajstić information content (AvgIpc) is 2.09. The molecule has 0 saturated heterocycles. The highest BCUT2D eigenvalue weighted by Gasteiger charge is 2.06. The third-order valence-corrected chi connectivity index (χ3v) is 1.66. The number of nitrogens with one attached hydrogen (secondary N) is 1. The molecule has 1 N–H and O–H groups in total. The fourth-order valence-electron chi connectivity index (χ4n) is 1.09. The van der Waals surface area contributed by atoms with Crippen LogP contribution in [0.1, 0.15) is 6.92 Å². The summed E-state index contributed by atoms with van der Waals surface area (Å²) in [5, 5.41) is 1.05. The SMILES string of the molecule is CC[NH+](OC)c1ccccc1. The first-order chi connectivity index (χ1) is 5.38. The summed E-state index contributed by atoms with van der Waals surface area (Å²) in [4.78, 5) is 5.20. The molecule has 0 aromatic heterocycles. The molecule has 0 bridgehead atoms. The maximum absolute atomic E-state index is 5.20. The molecule has 0 amide bonds. The van der Waals surface area contributed by atoms with Crippen molar-refractivity contribution in [2.45, 2.75) is 6.92 Å². The summed E-state index contributed by atoms with van der Waals surface area (Å²) < 4.78 is 0. The van der Waals surface area contributed by atoms with Gasteiger partial charge in [-0.25, -0.2) is 4.84 Å². The van der Waals surface area contributed by atoms with Crippen molar-refractivity contribution in [3.63, 3.8) is 0 Å². The number of hydroxylamine groups is 1. The Morgan fingerprint density at radius 3 is 2.36 bits per heavy atom. The van der Waals surface area contributed by atoms with E-state index in [1.165, 1.54) is 5.69 Å². The quantitative estimate of drug-likeness (QED) is 0.632. The van der Waals surface area contributed by atoms with Gasteiger partial charge in [-0.2, -0.15) is 5.06 Å². The Labute approximate surface area is 67.4 Å². The van der Waals surface area contributed by atoms with Gasteiger partial charge in [0, 0.05) is 12.1 Å². The molecule has 60 valence electrons. The lowest BCUT2D eigenvalue weighted by molar-refractivity contribution is -1.03. The molecule has 1 unspecified atom stereocenters. The molecule has 1 aromatic rings. The lowest BCUT2D eigenvalue weighted by atomic mass is 10.3. The molecule has 0 heterocycles. The fourth-order valence-corrected chi connectivity index (χ4v) is 1.09. The second-order valence-electron chi connectivity index (χ2n) is 2.35. The van der Waals surface area contributed by atoms with Crippen LogP contribution in [0.3, 0.4) is 0 Å². The van der Waals surface area contributed by atoms with Crippen LogP contribution in [0, 0.1) is 0 Å². The van der Waals surface area contributed by atoms with Crippen LogP contribution in [0.2, 0.25) is 0 Å². The molecule has 2 nitrogen and oxygen atoms in total. The first kappa shape index (κ1) is 8.24. The first-order valence-corrected chi connectivity index (χ1v) is 3.83. The number of quaternary nitrogens is 1. The summed E-state index contributed by atoms with van der Waals surface area (Å²) >= 11 is 0. The summed E-state index contributed by atoms with van der Waals surface area (Å²) in [6.45, 7) is 3.03. The number of rotatable bonds is 3. The molecule has 0 aliphatic rings. The van der Waals surface area contributed by atoms with Gasteiger partial charge < -0.3 is 0 Å². The van der Waals surface area contributed by atoms with Crippen molar-refractivity contribution in [1.29, 1.82) is 0 Å². The molecule has 0 saturated carbocycles. The molecule has 0 aliphatic heterocycles. The highest BCUT2D eigenvalue weighted by atomic mass is 16.7. The lowest BCUT2D eigenvalue weighted by Crippen LogP contribution is -3.05. The van der Waals surface area contributed by atoms with Crippen LogP contribution in [-0.4, -0.2) is 13.7 Å². The standard InChI is InChI=1S/C9H13NO/c1-3-10(11-2)9-7-5-4-6-8-9/h4-8H,3H2,1-2H3/p+1. The summed E-state index contributed by atoms with van der Waals surface area (Å²) in [6, 6.07) is 10.2. The normalized spacial score (nSPS) is 12.9.